The molecule has 21 heavy (non-hydrogen) atoms. The van der Waals surface area contributed by atoms with Crippen LogP contribution < -0.4 is 10.5 Å². The van der Waals surface area contributed by atoms with Crippen LogP contribution in [0.4, 0.5) is 17.6 Å². The minimum absolute atomic E-state index is 0.0671. The Hall–Kier alpha value is -2.57. The molecule has 0 atom stereocenters. The molecule has 0 spiro atoms. The van der Waals surface area contributed by atoms with E-state index in [9.17, 15) is 17.6 Å². The molecule has 3 N–H and O–H groups in total. The monoisotopic (exact) mass is 298 g/mol. The maximum absolute atomic E-state index is 13.7. The number of halogens is 4. The van der Waals surface area contributed by atoms with Gasteiger partial charge in [0.2, 0.25) is 0 Å². The second kappa shape index (κ2) is 5.43. The van der Waals surface area contributed by atoms with Crippen molar-refractivity contribution in [1.82, 2.24) is 0 Å². The molecule has 0 heterocycles. The fourth-order valence-corrected chi connectivity index (χ4v) is 1.59. The largest absolute Gasteiger partial charge is 0.454 e. The molecule has 0 saturated carbocycles. The maximum Gasteiger partial charge on any atom is 0.416 e. The summed E-state index contributed by atoms with van der Waals surface area (Å²) in [7, 11) is 0. The van der Waals surface area contributed by atoms with Gasteiger partial charge in [-0.3, -0.25) is 5.41 Å². The zero-order chi connectivity index (χ0) is 15.6. The van der Waals surface area contributed by atoms with E-state index in [1.165, 1.54) is 12.1 Å². The van der Waals surface area contributed by atoms with Gasteiger partial charge in [0, 0.05) is 5.56 Å². The lowest BCUT2D eigenvalue weighted by Gasteiger charge is -2.10. The Morgan fingerprint density at radius 2 is 1.67 bits per heavy atom. The lowest BCUT2D eigenvalue weighted by Crippen LogP contribution is -2.11. The third kappa shape index (κ3) is 3.50. The number of alkyl halides is 3. The summed E-state index contributed by atoms with van der Waals surface area (Å²) in [6, 6.07) is 7.53. The zero-order valence-corrected chi connectivity index (χ0v) is 10.5. The van der Waals surface area contributed by atoms with Crippen LogP contribution in [-0.4, -0.2) is 5.84 Å². The molecule has 0 aliphatic rings. The van der Waals surface area contributed by atoms with Crippen LogP contribution in [0.25, 0.3) is 0 Å². The van der Waals surface area contributed by atoms with Crippen LogP contribution in [0.1, 0.15) is 11.1 Å². The summed E-state index contributed by atoms with van der Waals surface area (Å²) in [4.78, 5) is 0. The quantitative estimate of drug-likeness (QED) is 0.512. The lowest BCUT2D eigenvalue weighted by molar-refractivity contribution is -0.137. The molecule has 0 aliphatic carbocycles. The molecule has 7 heteroatoms. The van der Waals surface area contributed by atoms with Crippen molar-refractivity contribution >= 4 is 5.84 Å². The number of hydrogen-bond acceptors (Lipinski definition) is 2. The van der Waals surface area contributed by atoms with Gasteiger partial charge in [-0.1, -0.05) is 0 Å². The summed E-state index contributed by atoms with van der Waals surface area (Å²) in [6.45, 7) is 0. The summed E-state index contributed by atoms with van der Waals surface area (Å²) in [5.74, 6) is -1.16. The van der Waals surface area contributed by atoms with E-state index in [1.54, 1.807) is 0 Å². The Morgan fingerprint density at radius 3 is 2.14 bits per heavy atom. The fraction of sp³-hybridized carbons (Fsp3) is 0.0714. The standard InChI is InChI=1S/C14H10F4N2O/c15-11-7-8(13(19)20)1-6-12(11)21-10-4-2-9(3-5-10)14(16,17)18/h1-7H,(H3,19,20). The Morgan fingerprint density at radius 1 is 1.05 bits per heavy atom. The third-order valence-corrected chi connectivity index (χ3v) is 2.65. The highest BCUT2D eigenvalue weighted by molar-refractivity contribution is 5.95. The average Bonchev–Trinajstić information content (AvgIpc) is 2.40. The van der Waals surface area contributed by atoms with E-state index in [0.717, 1.165) is 30.3 Å². The number of ether oxygens (including phenoxy) is 1. The molecule has 110 valence electrons. The van der Waals surface area contributed by atoms with Gasteiger partial charge in [-0.25, -0.2) is 4.39 Å². The van der Waals surface area contributed by atoms with Gasteiger partial charge in [-0.15, -0.1) is 0 Å². The molecule has 0 unspecified atom stereocenters. The first-order chi connectivity index (χ1) is 9.77. The van der Waals surface area contributed by atoms with Gasteiger partial charge < -0.3 is 10.5 Å². The second-order valence-electron chi connectivity index (χ2n) is 4.18. The third-order valence-electron chi connectivity index (χ3n) is 2.65. The number of benzene rings is 2. The number of nitrogens with two attached hydrogens (primary N) is 1. The van der Waals surface area contributed by atoms with Crippen molar-refractivity contribution in [1.29, 1.82) is 5.41 Å². The van der Waals surface area contributed by atoms with Crippen LogP contribution in [0.5, 0.6) is 11.5 Å². The van der Waals surface area contributed by atoms with E-state index >= 15 is 0 Å². The molecule has 0 radical (unpaired) electrons. The number of amidine groups is 1. The van der Waals surface area contributed by atoms with Gasteiger partial charge in [-0.2, -0.15) is 13.2 Å². The Bertz CT molecular complexity index is 666. The summed E-state index contributed by atoms with van der Waals surface area (Å²) in [6.07, 6.45) is -4.44. The van der Waals surface area contributed by atoms with Crippen molar-refractivity contribution in [2.45, 2.75) is 6.18 Å². The molecule has 0 fully saturated rings. The van der Waals surface area contributed by atoms with Crippen molar-refractivity contribution in [3.63, 3.8) is 0 Å². The molecular weight excluding hydrogens is 288 g/mol. The normalized spacial score (nSPS) is 11.2. The van der Waals surface area contributed by atoms with Crippen molar-refractivity contribution in [2.75, 3.05) is 0 Å². The van der Waals surface area contributed by atoms with E-state index in [0.29, 0.717) is 0 Å². The highest BCUT2D eigenvalue weighted by atomic mass is 19.4. The van der Waals surface area contributed by atoms with E-state index in [1.807, 2.05) is 0 Å². The average molecular weight is 298 g/mol. The summed E-state index contributed by atoms with van der Waals surface area (Å²) in [5.41, 5.74) is 4.58. The van der Waals surface area contributed by atoms with E-state index < -0.39 is 17.6 Å². The van der Waals surface area contributed by atoms with E-state index in [4.69, 9.17) is 15.9 Å². The minimum atomic E-state index is -4.44. The molecule has 2 aromatic rings. The van der Waals surface area contributed by atoms with Crippen LogP contribution in [0.15, 0.2) is 42.5 Å². The molecule has 2 aromatic carbocycles. The molecule has 0 bridgehead atoms. The summed E-state index contributed by atoms with van der Waals surface area (Å²) < 4.78 is 56.1. The van der Waals surface area contributed by atoms with Crippen LogP contribution in [0.3, 0.4) is 0 Å². The van der Waals surface area contributed by atoms with Crippen LogP contribution in [0.2, 0.25) is 0 Å². The molecule has 2 rings (SSSR count). The molecule has 0 amide bonds. The van der Waals surface area contributed by atoms with Gasteiger partial charge in [0.1, 0.15) is 11.6 Å². The van der Waals surface area contributed by atoms with Crippen molar-refractivity contribution in [2.24, 2.45) is 5.73 Å². The highest BCUT2D eigenvalue weighted by Crippen LogP contribution is 2.32. The second-order valence-corrected chi connectivity index (χ2v) is 4.18. The predicted octanol–water partition coefficient (Wildman–Crippen LogP) is 3.92. The van der Waals surface area contributed by atoms with Crippen LogP contribution in [-0.2, 0) is 6.18 Å². The first-order valence-corrected chi connectivity index (χ1v) is 5.76. The Labute approximate surface area is 117 Å². The fourth-order valence-electron chi connectivity index (χ4n) is 1.59. The van der Waals surface area contributed by atoms with Crippen molar-refractivity contribution in [3.05, 3.63) is 59.4 Å². The van der Waals surface area contributed by atoms with Crippen molar-refractivity contribution < 1.29 is 22.3 Å². The highest BCUT2D eigenvalue weighted by Gasteiger charge is 2.30. The SMILES string of the molecule is N=C(N)c1ccc(Oc2ccc(C(F)(F)F)cc2)c(F)c1. The summed E-state index contributed by atoms with van der Waals surface area (Å²) >= 11 is 0. The van der Waals surface area contributed by atoms with Gasteiger partial charge in [0.15, 0.2) is 11.6 Å². The van der Waals surface area contributed by atoms with Crippen LogP contribution in [0, 0.1) is 11.2 Å². The molecule has 0 aliphatic heterocycles. The smallest absolute Gasteiger partial charge is 0.416 e. The first-order valence-electron chi connectivity index (χ1n) is 5.76. The Balaban J connectivity index is 2.20. The van der Waals surface area contributed by atoms with Gasteiger partial charge >= 0.3 is 6.18 Å². The van der Waals surface area contributed by atoms with Gasteiger partial charge in [0.05, 0.1) is 5.56 Å². The molecule has 3 nitrogen and oxygen atoms in total. The molecular formula is C14H10F4N2O. The first kappa shape index (κ1) is 14.8. The Kier molecular flexibility index (Phi) is 3.84. The zero-order valence-electron chi connectivity index (χ0n) is 10.5. The van der Waals surface area contributed by atoms with Crippen molar-refractivity contribution in [3.8, 4) is 11.5 Å². The van der Waals surface area contributed by atoms with E-state index in [-0.39, 0.29) is 22.9 Å². The number of rotatable bonds is 3. The number of nitrogen functional groups attached to an aromatic ring is 1. The molecule has 0 aromatic heterocycles. The van der Waals surface area contributed by atoms with E-state index in [2.05, 4.69) is 0 Å². The number of hydrogen-bond donors (Lipinski definition) is 2. The van der Waals surface area contributed by atoms with Crippen LogP contribution >= 0.6 is 0 Å². The molecule has 0 saturated heterocycles. The topological polar surface area (TPSA) is 59.1 Å². The lowest BCUT2D eigenvalue weighted by atomic mass is 10.2. The summed E-state index contributed by atoms with van der Waals surface area (Å²) in [5, 5.41) is 7.17. The number of nitrogens with one attached hydrogen (secondary N) is 1. The predicted molar refractivity (Wildman–Crippen MR) is 68.9 cm³/mol. The maximum atomic E-state index is 13.7. The van der Waals surface area contributed by atoms with Gasteiger partial charge in [0.25, 0.3) is 0 Å². The minimum Gasteiger partial charge on any atom is -0.454 e. The van der Waals surface area contributed by atoms with Gasteiger partial charge in [-0.05, 0) is 42.5 Å².